The van der Waals surface area contributed by atoms with Gasteiger partial charge in [-0.25, -0.2) is 9.18 Å². The Morgan fingerprint density at radius 1 is 1.36 bits per heavy atom. The van der Waals surface area contributed by atoms with Crippen molar-refractivity contribution < 1.29 is 19.1 Å². The number of carbonyl (C=O) groups is 2. The maximum atomic E-state index is 14.2. The lowest BCUT2D eigenvalue weighted by atomic mass is 10.1. The third kappa shape index (κ3) is 3.59. The van der Waals surface area contributed by atoms with E-state index in [2.05, 4.69) is 10.2 Å². The molecule has 0 saturated carbocycles. The highest BCUT2D eigenvalue weighted by Gasteiger charge is 2.29. The van der Waals surface area contributed by atoms with E-state index in [1.807, 2.05) is 6.92 Å². The van der Waals surface area contributed by atoms with Gasteiger partial charge in [0.15, 0.2) is 0 Å². The number of hydrogen-bond acceptors (Lipinski definition) is 4. The second-order valence-electron chi connectivity index (χ2n) is 6.41. The van der Waals surface area contributed by atoms with Gasteiger partial charge in [-0.05, 0) is 25.1 Å². The van der Waals surface area contributed by atoms with Crippen molar-refractivity contribution in [3.63, 3.8) is 0 Å². The monoisotopic (exact) mass is 350 g/mol. The minimum Gasteiger partial charge on any atom is -0.395 e. The van der Waals surface area contributed by atoms with Crippen LogP contribution in [0, 0.1) is 5.82 Å². The largest absolute Gasteiger partial charge is 0.395 e. The summed E-state index contributed by atoms with van der Waals surface area (Å²) in [6.07, 6.45) is 0. The molecule has 1 unspecified atom stereocenters. The average molecular weight is 350 g/mol. The Balaban J connectivity index is 1.77. The van der Waals surface area contributed by atoms with Crippen LogP contribution in [0.3, 0.4) is 0 Å². The maximum Gasteiger partial charge on any atom is 0.321 e. The molecule has 1 aromatic carbocycles. The van der Waals surface area contributed by atoms with Crippen molar-refractivity contribution in [1.82, 2.24) is 15.1 Å². The first-order valence-electron chi connectivity index (χ1n) is 8.50. The molecule has 0 bridgehead atoms. The molecule has 2 aliphatic heterocycles. The summed E-state index contributed by atoms with van der Waals surface area (Å²) in [4.78, 5) is 29.8. The van der Waals surface area contributed by atoms with Crippen molar-refractivity contribution in [3.8, 4) is 0 Å². The molecule has 2 aliphatic rings. The van der Waals surface area contributed by atoms with Crippen LogP contribution in [0.2, 0.25) is 0 Å². The minimum atomic E-state index is -0.584. The lowest BCUT2D eigenvalue weighted by Gasteiger charge is -2.39. The smallest absolute Gasteiger partial charge is 0.321 e. The topological polar surface area (TPSA) is 76.1 Å². The lowest BCUT2D eigenvalue weighted by Crippen LogP contribution is -2.54. The Hall–Kier alpha value is -2.19. The second-order valence-corrected chi connectivity index (χ2v) is 6.41. The third-order valence-electron chi connectivity index (χ3n) is 4.79. The Morgan fingerprint density at radius 3 is 2.80 bits per heavy atom. The van der Waals surface area contributed by atoms with Gasteiger partial charge in [-0.2, -0.15) is 0 Å². The van der Waals surface area contributed by atoms with Gasteiger partial charge in [-0.1, -0.05) is 0 Å². The number of aliphatic hydroxyl groups excluding tert-OH is 1. The van der Waals surface area contributed by atoms with E-state index >= 15 is 0 Å². The van der Waals surface area contributed by atoms with E-state index in [1.165, 1.54) is 23.1 Å². The van der Waals surface area contributed by atoms with Crippen LogP contribution in [-0.4, -0.2) is 78.8 Å². The lowest BCUT2D eigenvalue weighted by molar-refractivity contribution is 0.0466. The average Bonchev–Trinajstić information content (AvgIpc) is 3.03. The zero-order valence-electron chi connectivity index (χ0n) is 14.2. The standard InChI is InChI=1S/C17H23FN4O3/c1-12-11-21(7-6-20(12)8-9-23)16(24)14-10-13(2-3-15(14)18)22-5-4-19-17(22)25/h2-3,10,12,23H,4-9,11H2,1H3,(H,19,25). The molecule has 25 heavy (non-hydrogen) atoms. The van der Waals surface area contributed by atoms with Gasteiger partial charge in [-0.15, -0.1) is 0 Å². The molecule has 1 atom stereocenters. The molecule has 2 heterocycles. The summed E-state index contributed by atoms with van der Waals surface area (Å²) in [5.41, 5.74) is 0.506. The van der Waals surface area contributed by atoms with E-state index in [1.54, 1.807) is 4.90 Å². The van der Waals surface area contributed by atoms with Gasteiger partial charge in [0.05, 0.1) is 12.2 Å². The van der Waals surface area contributed by atoms with Crippen molar-refractivity contribution in [2.24, 2.45) is 0 Å². The molecule has 2 fully saturated rings. The number of benzene rings is 1. The molecule has 7 nitrogen and oxygen atoms in total. The molecule has 0 aromatic heterocycles. The van der Waals surface area contributed by atoms with E-state index in [0.717, 1.165) is 0 Å². The number of halogens is 1. The summed E-state index contributed by atoms with van der Waals surface area (Å²) < 4.78 is 14.2. The summed E-state index contributed by atoms with van der Waals surface area (Å²) in [6.45, 7) is 5.26. The van der Waals surface area contributed by atoms with Gasteiger partial charge in [0.1, 0.15) is 5.82 Å². The highest BCUT2D eigenvalue weighted by Crippen LogP contribution is 2.22. The van der Waals surface area contributed by atoms with E-state index < -0.39 is 5.82 Å². The first-order valence-corrected chi connectivity index (χ1v) is 8.50. The summed E-state index contributed by atoms with van der Waals surface area (Å²) in [6, 6.07) is 4.06. The number of amides is 3. The Kier molecular flexibility index (Phi) is 5.19. The highest BCUT2D eigenvalue weighted by atomic mass is 19.1. The molecular weight excluding hydrogens is 327 g/mol. The van der Waals surface area contributed by atoms with Crippen LogP contribution in [0.15, 0.2) is 18.2 Å². The molecule has 2 saturated heterocycles. The molecule has 3 rings (SSSR count). The van der Waals surface area contributed by atoms with E-state index in [4.69, 9.17) is 5.11 Å². The van der Waals surface area contributed by atoms with Crippen LogP contribution in [-0.2, 0) is 0 Å². The van der Waals surface area contributed by atoms with Crippen molar-refractivity contribution in [2.45, 2.75) is 13.0 Å². The number of rotatable bonds is 4. The number of aliphatic hydroxyl groups is 1. The maximum absolute atomic E-state index is 14.2. The fourth-order valence-corrected chi connectivity index (χ4v) is 3.37. The van der Waals surface area contributed by atoms with Crippen LogP contribution in [0.5, 0.6) is 0 Å². The van der Waals surface area contributed by atoms with Gasteiger partial charge >= 0.3 is 6.03 Å². The van der Waals surface area contributed by atoms with Crippen LogP contribution in [0.1, 0.15) is 17.3 Å². The van der Waals surface area contributed by atoms with Gasteiger partial charge < -0.3 is 15.3 Å². The van der Waals surface area contributed by atoms with Gasteiger partial charge in [0.2, 0.25) is 0 Å². The predicted octanol–water partition coefficient (Wildman–Crippen LogP) is 0.494. The van der Waals surface area contributed by atoms with Crippen LogP contribution < -0.4 is 10.2 Å². The quantitative estimate of drug-likeness (QED) is 0.829. The highest BCUT2D eigenvalue weighted by molar-refractivity contribution is 5.98. The van der Waals surface area contributed by atoms with Gasteiger partial charge in [0, 0.05) is 51.0 Å². The molecule has 3 amide bonds. The molecule has 0 radical (unpaired) electrons. The van der Waals surface area contributed by atoms with Crippen molar-refractivity contribution in [2.75, 3.05) is 50.8 Å². The Bertz CT molecular complexity index is 669. The predicted molar refractivity (Wildman–Crippen MR) is 91.2 cm³/mol. The van der Waals surface area contributed by atoms with Gasteiger partial charge in [0.25, 0.3) is 5.91 Å². The van der Waals surface area contributed by atoms with E-state index in [0.29, 0.717) is 45.0 Å². The van der Waals surface area contributed by atoms with Gasteiger partial charge in [-0.3, -0.25) is 14.6 Å². The first kappa shape index (κ1) is 17.6. The fraction of sp³-hybridized carbons (Fsp3) is 0.529. The van der Waals surface area contributed by atoms with Crippen molar-refractivity contribution in [3.05, 3.63) is 29.6 Å². The van der Waals surface area contributed by atoms with Crippen LogP contribution >= 0.6 is 0 Å². The number of hydrogen-bond donors (Lipinski definition) is 2. The molecule has 0 spiro atoms. The van der Waals surface area contributed by atoms with Crippen molar-refractivity contribution >= 4 is 17.6 Å². The molecular formula is C17H23FN4O3. The number of anilines is 1. The zero-order chi connectivity index (χ0) is 18.0. The second kappa shape index (κ2) is 7.37. The summed E-state index contributed by atoms with van der Waals surface area (Å²) in [5, 5.41) is 11.8. The third-order valence-corrected chi connectivity index (χ3v) is 4.79. The Morgan fingerprint density at radius 2 is 2.16 bits per heavy atom. The molecule has 136 valence electrons. The number of piperazine rings is 1. The zero-order valence-corrected chi connectivity index (χ0v) is 14.2. The summed E-state index contributed by atoms with van der Waals surface area (Å²) in [5.74, 6) is -0.951. The number of carbonyl (C=O) groups excluding carboxylic acids is 2. The molecule has 1 aromatic rings. The molecule has 2 N–H and O–H groups in total. The van der Waals surface area contributed by atoms with Crippen LogP contribution in [0.4, 0.5) is 14.9 Å². The minimum absolute atomic E-state index is 0.0139. The SMILES string of the molecule is CC1CN(C(=O)c2cc(N3CCNC3=O)ccc2F)CCN1CCO. The van der Waals surface area contributed by atoms with E-state index in [-0.39, 0.29) is 30.2 Å². The van der Waals surface area contributed by atoms with Crippen LogP contribution in [0.25, 0.3) is 0 Å². The number of nitrogens with zero attached hydrogens (tertiary/aromatic N) is 3. The number of urea groups is 1. The number of β-amino-alcohol motifs (C(OH)–C–C–N with tert-alkyl or cyclic N) is 1. The summed E-state index contributed by atoms with van der Waals surface area (Å²) in [7, 11) is 0. The number of nitrogens with one attached hydrogen (secondary N) is 1. The summed E-state index contributed by atoms with van der Waals surface area (Å²) >= 11 is 0. The Labute approximate surface area is 146 Å². The molecule has 0 aliphatic carbocycles. The fourth-order valence-electron chi connectivity index (χ4n) is 3.37. The van der Waals surface area contributed by atoms with Crippen molar-refractivity contribution in [1.29, 1.82) is 0 Å². The normalized spacial score (nSPS) is 21.6. The molecule has 8 heteroatoms. The van der Waals surface area contributed by atoms with E-state index in [9.17, 15) is 14.0 Å². The first-order chi connectivity index (χ1) is 12.0.